The number of nitrogens with one attached hydrogen (secondary N) is 1. The van der Waals surface area contributed by atoms with Crippen molar-refractivity contribution in [2.75, 3.05) is 6.61 Å². The predicted octanol–water partition coefficient (Wildman–Crippen LogP) is 2.98. The van der Waals surface area contributed by atoms with Crippen molar-refractivity contribution >= 4 is 21.8 Å². The standard InChI is InChI=1S/C16H22BrN3O2/c1-9(12-8-10-3-4-11(12)7-10)18-15(21)14-13(17)16-20(19-14)5-2-6-22-16/h9-12H,2-8H2,1H3,(H,18,21). The molecule has 1 aromatic heterocycles. The molecule has 5 nitrogen and oxygen atoms in total. The highest BCUT2D eigenvalue weighted by atomic mass is 79.9. The molecule has 22 heavy (non-hydrogen) atoms. The molecule has 2 heterocycles. The fraction of sp³-hybridized carbons (Fsp3) is 0.750. The van der Waals surface area contributed by atoms with Gasteiger partial charge in [0.05, 0.1) is 6.61 Å². The Morgan fingerprint density at radius 3 is 3.00 bits per heavy atom. The first kappa shape index (κ1) is 14.5. The Hall–Kier alpha value is -1.04. The van der Waals surface area contributed by atoms with Gasteiger partial charge in [-0.05, 0) is 59.9 Å². The van der Waals surface area contributed by atoms with E-state index in [1.165, 1.54) is 25.7 Å². The van der Waals surface area contributed by atoms with Gasteiger partial charge in [0.2, 0.25) is 5.88 Å². The zero-order valence-corrected chi connectivity index (χ0v) is 14.4. The molecule has 1 amide bonds. The lowest BCUT2D eigenvalue weighted by Gasteiger charge is -2.28. The SMILES string of the molecule is CC(NC(=O)c1nn2c(c1Br)OCCC2)C1CC2CCC1C2. The highest BCUT2D eigenvalue weighted by Gasteiger charge is 2.42. The maximum absolute atomic E-state index is 12.6. The van der Waals surface area contributed by atoms with Gasteiger partial charge in [-0.3, -0.25) is 4.79 Å². The molecule has 4 unspecified atom stereocenters. The Kier molecular flexibility index (Phi) is 3.67. The van der Waals surface area contributed by atoms with Gasteiger partial charge in [0.25, 0.3) is 5.91 Å². The van der Waals surface area contributed by atoms with Crippen LogP contribution in [0.2, 0.25) is 0 Å². The molecule has 2 aliphatic carbocycles. The molecule has 120 valence electrons. The van der Waals surface area contributed by atoms with Crippen molar-refractivity contribution in [2.45, 2.75) is 51.6 Å². The topological polar surface area (TPSA) is 56.2 Å². The van der Waals surface area contributed by atoms with E-state index >= 15 is 0 Å². The molecule has 2 bridgehead atoms. The quantitative estimate of drug-likeness (QED) is 0.893. The summed E-state index contributed by atoms with van der Waals surface area (Å²) in [5, 5.41) is 7.58. The number of ether oxygens (including phenoxy) is 1. The Morgan fingerprint density at radius 1 is 1.45 bits per heavy atom. The largest absolute Gasteiger partial charge is 0.477 e. The van der Waals surface area contributed by atoms with E-state index in [1.807, 2.05) is 0 Å². The summed E-state index contributed by atoms with van der Waals surface area (Å²) in [6.45, 7) is 3.64. The van der Waals surface area contributed by atoms with E-state index in [2.05, 4.69) is 33.3 Å². The first-order chi connectivity index (χ1) is 10.6. The van der Waals surface area contributed by atoms with Crippen molar-refractivity contribution in [3.05, 3.63) is 10.2 Å². The number of amides is 1. The number of aryl methyl sites for hydroxylation is 1. The van der Waals surface area contributed by atoms with Crippen LogP contribution in [0.4, 0.5) is 0 Å². The molecule has 6 heteroatoms. The molecule has 0 saturated heterocycles. The number of fused-ring (bicyclic) bond motifs is 3. The van der Waals surface area contributed by atoms with Gasteiger partial charge in [-0.15, -0.1) is 0 Å². The summed E-state index contributed by atoms with van der Waals surface area (Å²) in [6.07, 6.45) is 6.30. The van der Waals surface area contributed by atoms with Gasteiger partial charge in [0.15, 0.2) is 5.69 Å². The van der Waals surface area contributed by atoms with Crippen molar-refractivity contribution in [3.63, 3.8) is 0 Å². The molecule has 4 rings (SSSR count). The molecule has 1 aliphatic heterocycles. The molecular formula is C16H22BrN3O2. The highest BCUT2D eigenvalue weighted by Crippen LogP contribution is 2.49. The number of hydrogen-bond donors (Lipinski definition) is 1. The van der Waals surface area contributed by atoms with Crippen LogP contribution in [-0.4, -0.2) is 28.3 Å². The number of nitrogens with zero attached hydrogens (tertiary/aromatic N) is 2. The monoisotopic (exact) mass is 367 g/mol. The minimum atomic E-state index is -0.0901. The lowest BCUT2D eigenvalue weighted by molar-refractivity contribution is 0.0908. The molecule has 4 atom stereocenters. The third-order valence-corrected chi connectivity index (χ3v) is 6.33. The van der Waals surface area contributed by atoms with Crippen LogP contribution in [0.3, 0.4) is 0 Å². The van der Waals surface area contributed by atoms with E-state index in [1.54, 1.807) is 4.68 Å². The molecule has 0 aromatic carbocycles. The van der Waals surface area contributed by atoms with Crippen LogP contribution >= 0.6 is 15.9 Å². The summed E-state index contributed by atoms with van der Waals surface area (Å²) < 4.78 is 8.07. The molecular weight excluding hydrogens is 346 g/mol. The third kappa shape index (κ3) is 2.36. The van der Waals surface area contributed by atoms with Crippen molar-refractivity contribution in [3.8, 4) is 5.88 Å². The smallest absolute Gasteiger partial charge is 0.273 e. The molecule has 0 spiro atoms. The molecule has 1 aromatic rings. The van der Waals surface area contributed by atoms with Gasteiger partial charge in [0.1, 0.15) is 4.47 Å². The van der Waals surface area contributed by atoms with Gasteiger partial charge >= 0.3 is 0 Å². The van der Waals surface area contributed by atoms with Crippen molar-refractivity contribution in [1.29, 1.82) is 0 Å². The van der Waals surface area contributed by atoms with Gasteiger partial charge in [-0.2, -0.15) is 5.10 Å². The zero-order chi connectivity index (χ0) is 15.3. The second-order valence-corrected chi connectivity index (χ2v) is 7.79. The van der Waals surface area contributed by atoms with Crippen LogP contribution in [0.5, 0.6) is 5.88 Å². The van der Waals surface area contributed by atoms with E-state index in [0.29, 0.717) is 28.6 Å². The Balaban J connectivity index is 1.47. The maximum atomic E-state index is 12.6. The van der Waals surface area contributed by atoms with Crippen LogP contribution in [0.15, 0.2) is 4.47 Å². The highest BCUT2D eigenvalue weighted by molar-refractivity contribution is 9.10. The van der Waals surface area contributed by atoms with E-state index in [9.17, 15) is 4.79 Å². The van der Waals surface area contributed by atoms with Gasteiger partial charge in [-0.1, -0.05) is 6.42 Å². The molecule has 2 fully saturated rings. The average molecular weight is 368 g/mol. The summed E-state index contributed by atoms with van der Waals surface area (Å²) >= 11 is 3.47. The van der Waals surface area contributed by atoms with Crippen LogP contribution < -0.4 is 10.1 Å². The van der Waals surface area contributed by atoms with Gasteiger partial charge in [0, 0.05) is 19.0 Å². The Bertz CT molecular complexity index is 600. The summed E-state index contributed by atoms with van der Waals surface area (Å²) in [5.74, 6) is 2.93. The number of hydrogen-bond acceptors (Lipinski definition) is 3. The summed E-state index contributed by atoms with van der Waals surface area (Å²) in [7, 11) is 0. The fourth-order valence-corrected chi connectivity index (χ4v) is 5.11. The second-order valence-electron chi connectivity index (χ2n) is 6.99. The number of aromatic nitrogens is 2. The molecule has 3 aliphatic rings. The average Bonchev–Trinajstić information content (AvgIpc) is 3.22. The Labute approximate surface area is 138 Å². The normalized spacial score (nSPS) is 30.7. The first-order valence-electron chi connectivity index (χ1n) is 8.33. The summed E-state index contributed by atoms with van der Waals surface area (Å²) in [6, 6.07) is 0.217. The minimum Gasteiger partial charge on any atom is -0.477 e. The number of carbonyl (C=O) groups excluding carboxylic acids is 1. The van der Waals surface area contributed by atoms with Crippen LogP contribution in [0, 0.1) is 17.8 Å². The molecule has 1 N–H and O–H groups in total. The van der Waals surface area contributed by atoms with Crippen LogP contribution in [-0.2, 0) is 6.54 Å². The zero-order valence-electron chi connectivity index (χ0n) is 12.8. The fourth-order valence-electron chi connectivity index (χ4n) is 4.53. The number of carbonyl (C=O) groups is 1. The molecule has 2 saturated carbocycles. The van der Waals surface area contributed by atoms with Crippen molar-refractivity contribution in [1.82, 2.24) is 15.1 Å². The van der Waals surface area contributed by atoms with E-state index in [4.69, 9.17) is 4.74 Å². The van der Waals surface area contributed by atoms with Crippen molar-refractivity contribution < 1.29 is 9.53 Å². The van der Waals surface area contributed by atoms with Gasteiger partial charge < -0.3 is 10.1 Å². The lowest BCUT2D eigenvalue weighted by atomic mass is 9.84. The van der Waals surface area contributed by atoms with Crippen LogP contribution in [0.25, 0.3) is 0 Å². The second kappa shape index (κ2) is 5.55. The van der Waals surface area contributed by atoms with E-state index in [0.717, 1.165) is 24.8 Å². The van der Waals surface area contributed by atoms with Crippen LogP contribution in [0.1, 0.15) is 49.5 Å². The number of halogens is 1. The van der Waals surface area contributed by atoms with E-state index < -0.39 is 0 Å². The minimum absolute atomic E-state index is 0.0901. The summed E-state index contributed by atoms with van der Waals surface area (Å²) in [5.41, 5.74) is 0.451. The maximum Gasteiger partial charge on any atom is 0.273 e. The third-order valence-electron chi connectivity index (χ3n) is 5.61. The van der Waals surface area contributed by atoms with Crippen molar-refractivity contribution in [2.24, 2.45) is 17.8 Å². The summed E-state index contributed by atoms with van der Waals surface area (Å²) in [4.78, 5) is 12.6. The van der Waals surface area contributed by atoms with Gasteiger partial charge in [-0.25, -0.2) is 4.68 Å². The Morgan fingerprint density at radius 2 is 2.32 bits per heavy atom. The molecule has 0 radical (unpaired) electrons. The lowest BCUT2D eigenvalue weighted by Crippen LogP contribution is -2.40. The first-order valence-corrected chi connectivity index (χ1v) is 9.12. The van der Waals surface area contributed by atoms with E-state index in [-0.39, 0.29) is 11.9 Å². The number of rotatable bonds is 3. The predicted molar refractivity (Wildman–Crippen MR) is 85.9 cm³/mol.